The molecule has 2 rings (SSSR count). The average molecular weight is 226 g/mol. The Balaban J connectivity index is 2.30. The van der Waals surface area contributed by atoms with Crippen LogP contribution in [0.2, 0.25) is 0 Å². The Morgan fingerprint density at radius 3 is 2.35 bits per heavy atom. The Hall–Kier alpha value is -2.09. The Kier molecular flexibility index (Phi) is 3.24. The van der Waals surface area contributed by atoms with Gasteiger partial charge in [-0.1, -0.05) is 43.3 Å². The van der Waals surface area contributed by atoms with Crippen LogP contribution in [-0.2, 0) is 6.42 Å². The Bertz CT molecular complexity index is 527. The van der Waals surface area contributed by atoms with Crippen molar-refractivity contribution in [2.45, 2.75) is 13.3 Å². The van der Waals surface area contributed by atoms with Crippen LogP contribution in [0.15, 0.2) is 48.5 Å². The van der Waals surface area contributed by atoms with Crippen LogP contribution in [-0.4, -0.2) is 10.9 Å². The molecule has 0 amide bonds. The summed E-state index contributed by atoms with van der Waals surface area (Å²) >= 11 is 0. The molecule has 0 heterocycles. The number of phenolic OH excluding ortho intramolecular Hbond substituents is 1. The first kappa shape index (κ1) is 11.4. The number of rotatable bonds is 3. The lowest BCUT2D eigenvalue weighted by Gasteiger charge is -2.03. The molecule has 0 aliphatic carbocycles. The van der Waals surface area contributed by atoms with Gasteiger partial charge in [-0.3, -0.25) is 4.79 Å². The number of aromatic hydroxyl groups is 1. The summed E-state index contributed by atoms with van der Waals surface area (Å²) in [6, 6.07) is 14.0. The Morgan fingerprint density at radius 2 is 1.76 bits per heavy atom. The van der Waals surface area contributed by atoms with E-state index in [-0.39, 0.29) is 11.5 Å². The highest BCUT2D eigenvalue weighted by Crippen LogP contribution is 2.15. The largest absolute Gasteiger partial charge is 0.508 e. The molecule has 0 aromatic heterocycles. The highest BCUT2D eigenvalue weighted by molar-refractivity contribution is 6.09. The fourth-order valence-corrected chi connectivity index (χ4v) is 1.71. The first-order chi connectivity index (χ1) is 8.20. The van der Waals surface area contributed by atoms with Gasteiger partial charge >= 0.3 is 0 Å². The van der Waals surface area contributed by atoms with E-state index in [1.54, 1.807) is 18.2 Å². The van der Waals surface area contributed by atoms with E-state index < -0.39 is 0 Å². The van der Waals surface area contributed by atoms with Crippen molar-refractivity contribution in [2.24, 2.45) is 0 Å². The van der Waals surface area contributed by atoms with Crippen molar-refractivity contribution in [2.75, 3.05) is 0 Å². The van der Waals surface area contributed by atoms with Gasteiger partial charge in [0.25, 0.3) is 0 Å². The third-order valence-electron chi connectivity index (χ3n) is 2.73. The van der Waals surface area contributed by atoms with E-state index in [1.807, 2.05) is 24.3 Å². The monoisotopic (exact) mass is 226 g/mol. The van der Waals surface area contributed by atoms with Gasteiger partial charge < -0.3 is 5.11 Å². The predicted octanol–water partition coefficient (Wildman–Crippen LogP) is 3.19. The molecule has 0 spiro atoms. The predicted molar refractivity (Wildman–Crippen MR) is 67.4 cm³/mol. The standard InChI is InChI=1S/C15H14O2/c1-2-11-6-8-12(9-7-11)15(17)13-4-3-5-14(16)10-13/h3-10,16H,2H2,1H3. The van der Waals surface area contributed by atoms with Crippen molar-refractivity contribution in [1.82, 2.24) is 0 Å². The van der Waals surface area contributed by atoms with Crippen LogP contribution in [0.5, 0.6) is 5.75 Å². The quantitative estimate of drug-likeness (QED) is 0.816. The number of benzene rings is 2. The number of carbonyl (C=O) groups is 1. The number of phenols is 1. The minimum atomic E-state index is -0.0662. The zero-order valence-electron chi connectivity index (χ0n) is 9.68. The summed E-state index contributed by atoms with van der Waals surface area (Å²) in [5.74, 6) is 0.0459. The maximum absolute atomic E-state index is 12.1. The minimum absolute atomic E-state index is 0.0662. The number of ketones is 1. The summed E-state index contributed by atoms with van der Waals surface area (Å²) in [4.78, 5) is 12.1. The summed E-state index contributed by atoms with van der Waals surface area (Å²) in [6.07, 6.45) is 0.959. The van der Waals surface area contributed by atoms with Gasteiger partial charge in [0.2, 0.25) is 0 Å². The molecular weight excluding hydrogens is 212 g/mol. The van der Waals surface area contributed by atoms with Crippen molar-refractivity contribution in [3.05, 3.63) is 65.2 Å². The first-order valence-corrected chi connectivity index (χ1v) is 5.63. The second-order valence-electron chi connectivity index (χ2n) is 3.93. The average Bonchev–Trinajstić information content (AvgIpc) is 2.38. The van der Waals surface area contributed by atoms with Crippen molar-refractivity contribution >= 4 is 5.78 Å². The lowest BCUT2D eigenvalue weighted by Crippen LogP contribution is -2.00. The van der Waals surface area contributed by atoms with E-state index in [1.165, 1.54) is 11.6 Å². The van der Waals surface area contributed by atoms with Gasteiger partial charge in [0.1, 0.15) is 5.75 Å². The molecule has 2 aromatic carbocycles. The molecule has 86 valence electrons. The number of hydrogen-bond donors (Lipinski definition) is 1. The number of hydrogen-bond acceptors (Lipinski definition) is 2. The van der Waals surface area contributed by atoms with Crippen LogP contribution in [0.3, 0.4) is 0 Å². The Morgan fingerprint density at radius 1 is 1.06 bits per heavy atom. The van der Waals surface area contributed by atoms with Crippen molar-refractivity contribution in [1.29, 1.82) is 0 Å². The molecule has 0 saturated heterocycles. The van der Waals surface area contributed by atoms with Crippen molar-refractivity contribution in [3.8, 4) is 5.75 Å². The lowest BCUT2D eigenvalue weighted by molar-refractivity contribution is 0.103. The van der Waals surface area contributed by atoms with Crippen molar-refractivity contribution in [3.63, 3.8) is 0 Å². The van der Waals surface area contributed by atoms with Crippen LogP contribution in [0.4, 0.5) is 0 Å². The molecule has 2 aromatic rings. The van der Waals surface area contributed by atoms with Gasteiger partial charge in [0.05, 0.1) is 0 Å². The fraction of sp³-hybridized carbons (Fsp3) is 0.133. The minimum Gasteiger partial charge on any atom is -0.508 e. The van der Waals surface area contributed by atoms with Crippen LogP contribution in [0, 0.1) is 0 Å². The molecule has 2 heteroatoms. The van der Waals surface area contributed by atoms with Crippen LogP contribution in [0.25, 0.3) is 0 Å². The van der Waals surface area contributed by atoms with Crippen molar-refractivity contribution < 1.29 is 9.90 Å². The maximum atomic E-state index is 12.1. The molecule has 0 bridgehead atoms. The summed E-state index contributed by atoms with van der Waals surface area (Å²) in [5, 5.41) is 9.34. The summed E-state index contributed by atoms with van der Waals surface area (Å²) < 4.78 is 0. The third-order valence-corrected chi connectivity index (χ3v) is 2.73. The second-order valence-corrected chi connectivity index (χ2v) is 3.93. The van der Waals surface area contributed by atoms with E-state index >= 15 is 0 Å². The van der Waals surface area contributed by atoms with Crippen LogP contribution >= 0.6 is 0 Å². The van der Waals surface area contributed by atoms with Gasteiger partial charge in [0.15, 0.2) is 5.78 Å². The first-order valence-electron chi connectivity index (χ1n) is 5.63. The topological polar surface area (TPSA) is 37.3 Å². The summed E-state index contributed by atoms with van der Waals surface area (Å²) in [6.45, 7) is 2.08. The van der Waals surface area contributed by atoms with Crippen LogP contribution < -0.4 is 0 Å². The van der Waals surface area contributed by atoms with Gasteiger partial charge in [-0.05, 0) is 24.1 Å². The molecule has 2 nitrogen and oxygen atoms in total. The number of aryl methyl sites for hydroxylation is 1. The molecular formula is C15H14O2. The second kappa shape index (κ2) is 4.83. The molecule has 0 fully saturated rings. The SMILES string of the molecule is CCc1ccc(C(=O)c2cccc(O)c2)cc1. The smallest absolute Gasteiger partial charge is 0.193 e. The molecule has 17 heavy (non-hydrogen) atoms. The fourth-order valence-electron chi connectivity index (χ4n) is 1.71. The van der Waals surface area contributed by atoms with E-state index in [4.69, 9.17) is 0 Å². The third kappa shape index (κ3) is 2.53. The molecule has 0 atom stereocenters. The maximum Gasteiger partial charge on any atom is 0.193 e. The van der Waals surface area contributed by atoms with E-state index in [2.05, 4.69) is 6.92 Å². The normalized spacial score (nSPS) is 10.2. The Labute approximate surface area is 101 Å². The molecule has 0 aliphatic heterocycles. The van der Waals surface area contributed by atoms with Gasteiger partial charge in [-0.15, -0.1) is 0 Å². The van der Waals surface area contributed by atoms with E-state index in [0.717, 1.165) is 6.42 Å². The summed E-state index contributed by atoms with van der Waals surface area (Å²) in [7, 11) is 0. The van der Waals surface area contributed by atoms with Gasteiger partial charge in [0, 0.05) is 11.1 Å². The zero-order chi connectivity index (χ0) is 12.3. The van der Waals surface area contributed by atoms with E-state index in [9.17, 15) is 9.90 Å². The molecule has 0 saturated carbocycles. The van der Waals surface area contributed by atoms with E-state index in [0.29, 0.717) is 11.1 Å². The lowest BCUT2D eigenvalue weighted by atomic mass is 10.0. The summed E-state index contributed by atoms with van der Waals surface area (Å²) in [5.41, 5.74) is 2.36. The van der Waals surface area contributed by atoms with Crippen LogP contribution in [0.1, 0.15) is 28.4 Å². The van der Waals surface area contributed by atoms with Gasteiger partial charge in [-0.25, -0.2) is 0 Å². The number of carbonyl (C=O) groups excluding carboxylic acids is 1. The molecule has 1 N–H and O–H groups in total. The molecule has 0 radical (unpaired) electrons. The highest BCUT2D eigenvalue weighted by atomic mass is 16.3. The van der Waals surface area contributed by atoms with Gasteiger partial charge in [-0.2, -0.15) is 0 Å². The zero-order valence-corrected chi connectivity index (χ0v) is 9.68. The highest BCUT2D eigenvalue weighted by Gasteiger charge is 2.08. The molecule has 0 aliphatic rings. The molecule has 0 unspecified atom stereocenters.